The molecule has 0 unspecified atom stereocenters. The molecule has 3 nitrogen and oxygen atoms in total. The first kappa shape index (κ1) is 14.0. The zero-order chi connectivity index (χ0) is 13.8. The second-order valence-electron chi connectivity index (χ2n) is 4.76. The molecule has 2 aromatic rings. The van der Waals surface area contributed by atoms with Crippen molar-refractivity contribution in [2.24, 2.45) is 0 Å². The normalized spacial score (nSPS) is 10.9. The number of aryl methyl sites for hydroxylation is 3. The van der Waals surface area contributed by atoms with Gasteiger partial charge in [0, 0.05) is 24.2 Å². The minimum absolute atomic E-state index is 0.399. The predicted molar refractivity (Wildman–Crippen MR) is 79.6 cm³/mol. The van der Waals surface area contributed by atoms with Gasteiger partial charge in [0.2, 0.25) is 0 Å². The number of aromatic hydroxyl groups is 1. The molecule has 0 saturated heterocycles. The lowest BCUT2D eigenvalue weighted by Gasteiger charge is -2.08. The third-order valence-electron chi connectivity index (χ3n) is 3.11. The molecular formula is C15H20N2OS. The van der Waals surface area contributed by atoms with Crippen molar-refractivity contribution in [3.63, 3.8) is 0 Å². The molecule has 2 N–H and O–H groups in total. The van der Waals surface area contributed by atoms with Gasteiger partial charge in [-0.2, -0.15) is 0 Å². The Balaban J connectivity index is 1.92. The molecule has 0 aliphatic rings. The van der Waals surface area contributed by atoms with Crippen LogP contribution in [0, 0.1) is 13.8 Å². The standard InChI is InChI=1S/C15H20N2OS/c1-4-13-8-17-14(19-13)9-16-7-12-5-10(2)15(18)11(3)6-12/h5-6,8,16,18H,4,7,9H2,1-3H3. The van der Waals surface area contributed by atoms with Gasteiger partial charge in [-0.1, -0.05) is 19.1 Å². The summed E-state index contributed by atoms with van der Waals surface area (Å²) in [4.78, 5) is 5.71. The topological polar surface area (TPSA) is 45.2 Å². The van der Waals surface area contributed by atoms with Crippen molar-refractivity contribution in [1.82, 2.24) is 10.3 Å². The van der Waals surface area contributed by atoms with E-state index in [4.69, 9.17) is 0 Å². The van der Waals surface area contributed by atoms with E-state index in [1.165, 1.54) is 10.4 Å². The van der Waals surface area contributed by atoms with Crippen molar-refractivity contribution in [2.75, 3.05) is 0 Å². The Labute approximate surface area is 118 Å². The number of rotatable bonds is 5. The van der Waals surface area contributed by atoms with Gasteiger partial charge in [0.1, 0.15) is 10.8 Å². The SMILES string of the molecule is CCc1cnc(CNCc2cc(C)c(O)c(C)c2)s1. The molecule has 1 aromatic carbocycles. The fourth-order valence-electron chi connectivity index (χ4n) is 2.05. The molecule has 4 heteroatoms. The van der Waals surface area contributed by atoms with Crippen LogP contribution in [0.15, 0.2) is 18.3 Å². The Bertz CT molecular complexity index is 540. The molecule has 0 amide bonds. The maximum atomic E-state index is 9.74. The minimum atomic E-state index is 0.399. The smallest absolute Gasteiger partial charge is 0.121 e. The zero-order valence-corrected chi connectivity index (χ0v) is 12.5. The van der Waals surface area contributed by atoms with Gasteiger partial charge in [0.25, 0.3) is 0 Å². The average Bonchev–Trinajstić information content (AvgIpc) is 2.84. The third-order valence-corrected chi connectivity index (χ3v) is 4.25. The highest BCUT2D eigenvalue weighted by molar-refractivity contribution is 7.11. The van der Waals surface area contributed by atoms with Crippen LogP contribution in [-0.4, -0.2) is 10.1 Å². The van der Waals surface area contributed by atoms with Crippen LogP contribution in [0.25, 0.3) is 0 Å². The van der Waals surface area contributed by atoms with Crippen molar-refractivity contribution in [2.45, 2.75) is 40.3 Å². The molecule has 0 atom stereocenters. The number of hydrogen-bond donors (Lipinski definition) is 2. The van der Waals surface area contributed by atoms with Crippen LogP contribution in [0.3, 0.4) is 0 Å². The summed E-state index contributed by atoms with van der Waals surface area (Å²) in [6.45, 7) is 7.60. The van der Waals surface area contributed by atoms with Gasteiger partial charge in [0.05, 0.1) is 0 Å². The number of nitrogens with one attached hydrogen (secondary N) is 1. The van der Waals surface area contributed by atoms with Crippen molar-refractivity contribution < 1.29 is 5.11 Å². The van der Waals surface area contributed by atoms with Crippen LogP contribution < -0.4 is 5.32 Å². The molecule has 19 heavy (non-hydrogen) atoms. The maximum absolute atomic E-state index is 9.74. The van der Waals surface area contributed by atoms with Gasteiger partial charge in [-0.05, 0) is 37.0 Å². The van der Waals surface area contributed by atoms with Crippen LogP contribution in [-0.2, 0) is 19.5 Å². The third kappa shape index (κ3) is 3.55. The lowest BCUT2D eigenvalue weighted by Crippen LogP contribution is -2.12. The Kier molecular flexibility index (Phi) is 4.56. The van der Waals surface area contributed by atoms with E-state index in [0.29, 0.717) is 5.75 Å². The number of nitrogens with zero attached hydrogens (tertiary/aromatic N) is 1. The van der Waals surface area contributed by atoms with E-state index < -0.39 is 0 Å². The molecule has 0 aliphatic heterocycles. The van der Waals surface area contributed by atoms with Crippen LogP contribution in [0.2, 0.25) is 0 Å². The van der Waals surface area contributed by atoms with Gasteiger partial charge in [0.15, 0.2) is 0 Å². The largest absolute Gasteiger partial charge is 0.507 e. The first-order chi connectivity index (χ1) is 9.10. The van der Waals surface area contributed by atoms with E-state index in [0.717, 1.165) is 35.6 Å². The molecule has 1 heterocycles. The van der Waals surface area contributed by atoms with Crippen LogP contribution >= 0.6 is 11.3 Å². The fraction of sp³-hybridized carbons (Fsp3) is 0.400. The first-order valence-corrected chi connectivity index (χ1v) is 7.35. The van der Waals surface area contributed by atoms with E-state index in [-0.39, 0.29) is 0 Å². The van der Waals surface area contributed by atoms with Crippen LogP contribution in [0.4, 0.5) is 0 Å². The highest BCUT2D eigenvalue weighted by atomic mass is 32.1. The van der Waals surface area contributed by atoms with Crippen LogP contribution in [0.5, 0.6) is 5.75 Å². The molecule has 0 spiro atoms. The lowest BCUT2D eigenvalue weighted by atomic mass is 10.1. The Hall–Kier alpha value is -1.39. The number of phenols is 1. The van der Waals surface area contributed by atoms with E-state index in [9.17, 15) is 5.11 Å². The second-order valence-corrected chi connectivity index (χ2v) is 5.96. The molecule has 0 fully saturated rings. The number of benzene rings is 1. The van der Waals surface area contributed by atoms with Crippen molar-refractivity contribution >= 4 is 11.3 Å². The van der Waals surface area contributed by atoms with Crippen LogP contribution in [0.1, 0.15) is 33.5 Å². The van der Waals surface area contributed by atoms with Gasteiger partial charge in [-0.25, -0.2) is 4.98 Å². The first-order valence-electron chi connectivity index (χ1n) is 6.53. The molecule has 0 aliphatic carbocycles. The second kappa shape index (κ2) is 6.17. The zero-order valence-electron chi connectivity index (χ0n) is 11.7. The Morgan fingerprint density at radius 1 is 1.21 bits per heavy atom. The summed E-state index contributed by atoms with van der Waals surface area (Å²) in [6.07, 6.45) is 3.00. The molecular weight excluding hydrogens is 256 g/mol. The van der Waals surface area contributed by atoms with Gasteiger partial charge in [-0.15, -0.1) is 11.3 Å². The van der Waals surface area contributed by atoms with Gasteiger partial charge < -0.3 is 10.4 Å². The summed E-state index contributed by atoms with van der Waals surface area (Å²) in [6, 6.07) is 4.04. The number of thiazole rings is 1. The summed E-state index contributed by atoms with van der Waals surface area (Å²) in [5, 5.41) is 14.3. The molecule has 0 saturated carbocycles. The maximum Gasteiger partial charge on any atom is 0.121 e. The van der Waals surface area contributed by atoms with E-state index in [2.05, 4.69) is 17.2 Å². The highest BCUT2D eigenvalue weighted by Crippen LogP contribution is 2.22. The lowest BCUT2D eigenvalue weighted by molar-refractivity contribution is 0.466. The Morgan fingerprint density at radius 3 is 2.47 bits per heavy atom. The van der Waals surface area contributed by atoms with E-state index in [1.54, 1.807) is 11.3 Å². The average molecular weight is 276 g/mol. The summed E-state index contributed by atoms with van der Waals surface area (Å²) in [5.41, 5.74) is 3.05. The number of hydrogen-bond acceptors (Lipinski definition) is 4. The van der Waals surface area contributed by atoms with Crippen molar-refractivity contribution in [3.05, 3.63) is 44.9 Å². The Morgan fingerprint density at radius 2 is 1.89 bits per heavy atom. The van der Waals surface area contributed by atoms with E-state index in [1.807, 2.05) is 32.2 Å². The van der Waals surface area contributed by atoms with Crippen molar-refractivity contribution in [1.29, 1.82) is 0 Å². The molecule has 0 bridgehead atoms. The minimum Gasteiger partial charge on any atom is -0.507 e. The van der Waals surface area contributed by atoms with Crippen molar-refractivity contribution in [3.8, 4) is 5.75 Å². The number of aromatic nitrogens is 1. The number of phenolic OH excluding ortho intramolecular Hbond substituents is 1. The monoisotopic (exact) mass is 276 g/mol. The molecule has 0 radical (unpaired) electrons. The summed E-state index contributed by atoms with van der Waals surface area (Å²) in [7, 11) is 0. The summed E-state index contributed by atoms with van der Waals surface area (Å²) >= 11 is 1.76. The predicted octanol–water partition coefficient (Wildman–Crippen LogP) is 3.32. The molecule has 1 aromatic heterocycles. The molecule has 102 valence electrons. The highest BCUT2D eigenvalue weighted by Gasteiger charge is 2.04. The molecule has 2 rings (SSSR count). The fourth-order valence-corrected chi connectivity index (χ4v) is 2.89. The quantitative estimate of drug-likeness (QED) is 0.880. The van der Waals surface area contributed by atoms with E-state index >= 15 is 0 Å². The summed E-state index contributed by atoms with van der Waals surface area (Å²) < 4.78 is 0. The van der Waals surface area contributed by atoms with Gasteiger partial charge >= 0.3 is 0 Å². The van der Waals surface area contributed by atoms with Gasteiger partial charge in [-0.3, -0.25) is 0 Å². The summed E-state index contributed by atoms with van der Waals surface area (Å²) in [5.74, 6) is 0.399.